The number of aryl methyl sites for hydroxylation is 1. The molecule has 0 radical (unpaired) electrons. The lowest BCUT2D eigenvalue weighted by Crippen LogP contribution is -2.17. The molecule has 1 aliphatic heterocycles. The average molecular weight is 230 g/mol. The zero-order chi connectivity index (χ0) is 11.8. The van der Waals surface area contributed by atoms with Gasteiger partial charge in [-0.3, -0.25) is 0 Å². The molecule has 0 aliphatic carbocycles. The molecule has 0 amide bonds. The number of hydrogen-bond donors (Lipinski definition) is 2. The van der Waals surface area contributed by atoms with E-state index >= 15 is 0 Å². The van der Waals surface area contributed by atoms with Crippen LogP contribution in [-0.2, 0) is 6.42 Å². The van der Waals surface area contributed by atoms with Crippen molar-refractivity contribution in [3.05, 3.63) is 36.2 Å². The first-order chi connectivity index (χ1) is 8.27. The molecule has 1 aliphatic rings. The van der Waals surface area contributed by atoms with Gasteiger partial charge in [0.1, 0.15) is 17.8 Å². The van der Waals surface area contributed by atoms with Gasteiger partial charge in [0.2, 0.25) is 0 Å². The van der Waals surface area contributed by atoms with Gasteiger partial charge in [0.05, 0.1) is 5.56 Å². The van der Waals surface area contributed by atoms with E-state index in [9.17, 15) is 10.2 Å². The van der Waals surface area contributed by atoms with E-state index < -0.39 is 6.23 Å². The predicted octanol–water partition coefficient (Wildman–Crippen LogP) is 2.08. The lowest BCUT2D eigenvalue weighted by molar-refractivity contribution is 0.0806. The van der Waals surface area contributed by atoms with Gasteiger partial charge in [0.25, 0.3) is 0 Å². The molecule has 4 heteroatoms. The molecule has 0 spiro atoms. The summed E-state index contributed by atoms with van der Waals surface area (Å²) in [4.78, 5) is 4.32. The van der Waals surface area contributed by atoms with Gasteiger partial charge < -0.3 is 14.8 Å². The first-order valence-electron chi connectivity index (χ1n) is 5.80. The Hall–Kier alpha value is -1.81. The summed E-state index contributed by atoms with van der Waals surface area (Å²) in [5.41, 5.74) is 1.70. The van der Waals surface area contributed by atoms with Crippen LogP contribution < -0.4 is 0 Å². The van der Waals surface area contributed by atoms with Crippen LogP contribution in [-0.4, -0.2) is 19.8 Å². The van der Waals surface area contributed by atoms with Crippen LogP contribution in [0.4, 0.5) is 0 Å². The fourth-order valence-electron chi connectivity index (χ4n) is 2.37. The fourth-order valence-corrected chi connectivity index (χ4v) is 2.37. The molecule has 0 saturated heterocycles. The molecule has 1 unspecified atom stereocenters. The summed E-state index contributed by atoms with van der Waals surface area (Å²) >= 11 is 0. The molecule has 2 heterocycles. The van der Waals surface area contributed by atoms with Crippen molar-refractivity contribution < 1.29 is 10.2 Å². The molecule has 1 aromatic carbocycles. The molecule has 88 valence electrons. The molecule has 3 rings (SSSR count). The highest BCUT2D eigenvalue weighted by atomic mass is 16.3. The maximum Gasteiger partial charge on any atom is 0.145 e. The molecule has 4 nitrogen and oxygen atoms in total. The molecular formula is C13H14N2O2. The van der Waals surface area contributed by atoms with Crippen LogP contribution in [0.15, 0.2) is 30.5 Å². The summed E-state index contributed by atoms with van der Waals surface area (Å²) in [5.74, 6) is 0.837. The molecule has 0 bridgehead atoms. The molecule has 0 saturated carbocycles. The number of para-hydroxylation sites is 1. The molecule has 2 aromatic rings. The minimum absolute atomic E-state index is 0.193. The third-order valence-corrected chi connectivity index (χ3v) is 3.21. The van der Waals surface area contributed by atoms with Gasteiger partial charge in [-0.05, 0) is 31.4 Å². The zero-order valence-corrected chi connectivity index (χ0v) is 9.37. The van der Waals surface area contributed by atoms with Crippen LogP contribution in [0.5, 0.6) is 5.75 Å². The number of aliphatic hydroxyl groups excluding tert-OH is 1. The Morgan fingerprint density at radius 3 is 2.94 bits per heavy atom. The SMILES string of the molecule is Oc1ccccc1-c1ncc2n1C(O)CCC2. The second-order valence-corrected chi connectivity index (χ2v) is 4.33. The van der Waals surface area contributed by atoms with E-state index in [-0.39, 0.29) is 5.75 Å². The van der Waals surface area contributed by atoms with E-state index in [0.29, 0.717) is 11.4 Å². The largest absolute Gasteiger partial charge is 0.507 e. The molecule has 17 heavy (non-hydrogen) atoms. The van der Waals surface area contributed by atoms with E-state index in [1.807, 2.05) is 16.7 Å². The predicted molar refractivity (Wildman–Crippen MR) is 63.5 cm³/mol. The number of fused-ring (bicyclic) bond motifs is 1. The highest BCUT2D eigenvalue weighted by molar-refractivity contribution is 5.64. The Labute approximate surface area is 99.2 Å². The number of aromatic nitrogens is 2. The first-order valence-corrected chi connectivity index (χ1v) is 5.80. The maximum absolute atomic E-state index is 10.0. The minimum atomic E-state index is -0.532. The van der Waals surface area contributed by atoms with Crippen molar-refractivity contribution in [1.29, 1.82) is 0 Å². The average Bonchev–Trinajstić information content (AvgIpc) is 2.75. The third-order valence-electron chi connectivity index (χ3n) is 3.21. The van der Waals surface area contributed by atoms with E-state index in [1.54, 1.807) is 18.3 Å². The number of rotatable bonds is 1. The summed E-state index contributed by atoms with van der Waals surface area (Å²) in [6.45, 7) is 0. The van der Waals surface area contributed by atoms with Crippen LogP contribution in [0, 0.1) is 0 Å². The Bertz CT molecular complexity index is 548. The van der Waals surface area contributed by atoms with Gasteiger partial charge in [0, 0.05) is 11.9 Å². The van der Waals surface area contributed by atoms with Crippen molar-refractivity contribution in [3.8, 4) is 17.1 Å². The van der Waals surface area contributed by atoms with E-state index in [0.717, 1.165) is 25.0 Å². The minimum Gasteiger partial charge on any atom is -0.507 e. The monoisotopic (exact) mass is 230 g/mol. The van der Waals surface area contributed by atoms with Gasteiger partial charge in [-0.25, -0.2) is 4.98 Å². The van der Waals surface area contributed by atoms with Crippen molar-refractivity contribution in [3.63, 3.8) is 0 Å². The third kappa shape index (κ3) is 1.61. The maximum atomic E-state index is 10.0. The smallest absolute Gasteiger partial charge is 0.145 e. The highest BCUT2D eigenvalue weighted by Gasteiger charge is 2.22. The number of aromatic hydroxyl groups is 1. The highest BCUT2D eigenvalue weighted by Crippen LogP contribution is 2.33. The number of hydrogen-bond acceptors (Lipinski definition) is 3. The lowest BCUT2D eigenvalue weighted by Gasteiger charge is -2.23. The van der Waals surface area contributed by atoms with Crippen LogP contribution in [0.2, 0.25) is 0 Å². The van der Waals surface area contributed by atoms with Gasteiger partial charge >= 0.3 is 0 Å². The summed E-state index contributed by atoms with van der Waals surface area (Å²) in [6, 6.07) is 7.07. The second-order valence-electron chi connectivity index (χ2n) is 4.33. The number of aliphatic hydroxyl groups is 1. The first kappa shape index (κ1) is 10.4. The standard InChI is InChI=1S/C13H14N2O2/c16-11-6-2-1-5-10(11)13-14-8-9-4-3-7-12(17)15(9)13/h1-2,5-6,8,12,16-17H,3-4,7H2. The zero-order valence-electron chi connectivity index (χ0n) is 9.37. The quantitative estimate of drug-likeness (QED) is 0.788. The van der Waals surface area contributed by atoms with Gasteiger partial charge in [-0.1, -0.05) is 12.1 Å². The van der Waals surface area contributed by atoms with E-state index in [2.05, 4.69) is 4.98 Å². The summed E-state index contributed by atoms with van der Waals surface area (Å²) < 4.78 is 1.82. The number of imidazole rings is 1. The molecule has 1 aromatic heterocycles. The topological polar surface area (TPSA) is 58.3 Å². The van der Waals surface area contributed by atoms with Crippen LogP contribution >= 0.6 is 0 Å². The van der Waals surface area contributed by atoms with E-state index in [4.69, 9.17) is 0 Å². The number of phenols is 1. The van der Waals surface area contributed by atoms with E-state index in [1.165, 1.54) is 0 Å². The fraction of sp³-hybridized carbons (Fsp3) is 0.308. The van der Waals surface area contributed by atoms with Crippen molar-refractivity contribution in [1.82, 2.24) is 9.55 Å². The number of phenolic OH excluding ortho intramolecular Hbond substituents is 1. The second kappa shape index (κ2) is 3.89. The van der Waals surface area contributed by atoms with Gasteiger partial charge in [0.15, 0.2) is 0 Å². The normalized spacial score (nSPS) is 19.0. The lowest BCUT2D eigenvalue weighted by atomic mass is 10.1. The van der Waals surface area contributed by atoms with Gasteiger partial charge in [-0.2, -0.15) is 0 Å². The van der Waals surface area contributed by atoms with Crippen molar-refractivity contribution in [2.45, 2.75) is 25.5 Å². The Morgan fingerprint density at radius 1 is 1.29 bits per heavy atom. The van der Waals surface area contributed by atoms with Crippen molar-refractivity contribution >= 4 is 0 Å². The molecule has 0 fully saturated rings. The van der Waals surface area contributed by atoms with Crippen molar-refractivity contribution in [2.24, 2.45) is 0 Å². The molecular weight excluding hydrogens is 216 g/mol. The number of benzene rings is 1. The van der Waals surface area contributed by atoms with Crippen molar-refractivity contribution in [2.75, 3.05) is 0 Å². The summed E-state index contributed by atoms with van der Waals surface area (Å²) in [6.07, 6.45) is 3.90. The Kier molecular flexibility index (Phi) is 2.37. The van der Waals surface area contributed by atoms with Crippen LogP contribution in [0.3, 0.4) is 0 Å². The molecule has 2 N–H and O–H groups in total. The Balaban J connectivity index is 2.17. The van der Waals surface area contributed by atoms with Crippen LogP contribution in [0.1, 0.15) is 24.8 Å². The summed E-state index contributed by atoms with van der Waals surface area (Å²) in [7, 11) is 0. The summed E-state index contributed by atoms with van der Waals surface area (Å²) in [5, 5.41) is 19.9. The molecule has 1 atom stereocenters. The van der Waals surface area contributed by atoms with Crippen LogP contribution in [0.25, 0.3) is 11.4 Å². The van der Waals surface area contributed by atoms with Gasteiger partial charge in [-0.15, -0.1) is 0 Å². The Morgan fingerprint density at radius 2 is 2.12 bits per heavy atom. The number of nitrogens with zero attached hydrogens (tertiary/aromatic N) is 2.